The number of hydrogen-bond donors (Lipinski definition) is 0. The highest BCUT2D eigenvalue weighted by molar-refractivity contribution is 9.10. The predicted octanol–water partition coefficient (Wildman–Crippen LogP) is 4.03. The molecule has 0 amide bonds. The number of rotatable bonds is 2. The standard InChI is InChI=1S/C12H12BrFN2/c1-8(2)16-11(13)7-15-12(16)9-4-3-5-10(14)6-9/h3-8H,1-2H3. The fourth-order valence-electron chi connectivity index (χ4n) is 1.67. The van der Waals surface area contributed by atoms with Gasteiger partial charge in [-0.1, -0.05) is 12.1 Å². The van der Waals surface area contributed by atoms with Crippen molar-refractivity contribution in [2.45, 2.75) is 19.9 Å². The van der Waals surface area contributed by atoms with Gasteiger partial charge in [-0.05, 0) is 41.9 Å². The number of hydrogen-bond acceptors (Lipinski definition) is 1. The van der Waals surface area contributed by atoms with E-state index in [1.54, 1.807) is 12.3 Å². The average Bonchev–Trinajstić information content (AvgIpc) is 2.60. The summed E-state index contributed by atoms with van der Waals surface area (Å²) in [6, 6.07) is 6.75. The lowest BCUT2D eigenvalue weighted by molar-refractivity contribution is 0.594. The molecule has 0 bridgehead atoms. The van der Waals surface area contributed by atoms with Crippen molar-refractivity contribution in [2.24, 2.45) is 0 Å². The molecule has 0 aliphatic carbocycles. The molecule has 0 aliphatic rings. The minimum atomic E-state index is -0.244. The number of aromatic nitrogens is 2. The molecule has 0 saturated carbocycles. The summed E-state index contributed by atoms with van der Waals surface area (Å²) in [6.07, 6.45) is 1.74. The van der Waals surface area contributed by atoms with E-state index in [-0.39, 0.29) is 11.9 Å². The van der Waals surface area contributed by atoms with Crippen molar-refractivity contribution in [3.8, 4) is 11.4 Å². The number of halogens is 2. The highest BCUT2D eigenvalue weighted by Gasteiger charge is 2.12. The van der Waals surface area contributed by atoms with Gasteiger partial charge in [0.2, 0.25) is 0 Å². The first-order valence-corrected chi connectivity index (χ1v) is 5.87. The van der Waals surface area contributed by atoms with Crippen LogP contribution in [0.2, 0.25) is 0 Å². The van der Waals surface area contributed by atoms with E-state index in [9.17, 15) is 4.39 Å². The van der Waals surface area contributed by atoms with E-state index in [0.717, 1.165) is 16.0 Å². The molecule has 0 spiro atoms. The van der Waals surface area contributed by atoms with Crippen LogP contribution >= 0.6 is 15.9 Å². The molecule has 2 aromatic rings. The zero-order chi connectivity index (χ0) is 11.7. The first-order valence-electron chi connectivity index (χ1n) is 5.08. The minimum absolute atomic E-state index is 0.244. The molecule has 2 rings (SSSR count). The third-order valence-electron chi connectivity index (χ3n) is 2.35. The van der Waals surface area contributed by atoms with Crippen LogP contribution in [0, 0.1) is 5.82 Å². The van der Waals surface area contributed by atoms with Crippen molar-refractivity contribution < 1.29 is 4.39 Å². The minimum Gasteiger partial charge on any atom is -0.316 e. The number of nitrogens with zero attached hydrogens (tertiary/aromatic N) is 2. The summed E-state index contributed by atoms with van der Waals surface area (Å²) in [5, 5.41) is 0. The van der Waals surface area contributed by atoms with Gasteiger partial charge in [-0.15, -0.1) is 0 Å². The largest absolute Gasteiger partial charge is 0.316 e. The molecular formula is C12H12BrFN2. The summed E-state index contributed by atoms with van der Waals surface area (Å²) in [4.78, 5) is 4.30. The lowest BCUT2D eigenvalue weighted by Gasteiger charge is -2.13. The molecule has 0 fully saturated rings. The maximum Gasteiger partial charge on any atom is 0.141 e. The molecule has 1 aromatic heterocycles. The second kappa shape index (κ2) is 4.37. The molecule has 4 heteroatoms. The average molecular weight is 283 g/mol. The van der Waals surface area contributed by atoms with Gasteiger partial charge in [0.05, 0.1) is 6.20 Å². The molecule has 84 valence electrons. The van der Waals surface area contributed by atoms with Crippen LogP contribution in [0.1, 0.15) is 19.9 Å². The smallest absolute Gasteiger partial charge is 0.141 e. The van der Waals surface area contributed by atoms with Gasteiger partial charge in [0.1, 0.15) is 16.2 Å². The Bertz CT molecular complexity index is 505. The van der Waals surface area contributed by atoms with Crippen molar-refractivity contribution >= 4 is 15.9 Å². The monoisotopic (exact) mass is 282 g/mol. The fourth-order valence-corrected chi connectivity index (χ4v) is 2.35. The summed E-state index contributed by atoms with van der Waals surface area (Å²) in [7, 11) is 0. The maximum absolute atomic E-state index is 13.1. The second-order valence-corrected chi connectivity index (χ2v) is 4.69. The fraction of sp³-hybridized carbons (Fsp3) is 0.250. The Kier molecular flexibility index (Phi) is 3.10. The normalized spacial score (nSPS) is 11.1. The van der Waals surface area contributed by atoms with Crippen molar-refractivity contribution in [3.63, 3.8) is 0 Å². The van der Waals surface area contributed by atoms with Gasteiger partial charge in [-0.25, -0.2) is 9.37 Å². The van der Waals surface area contributed by atoms with E-state index in [2.05, 4.69) is 34.8 Å². The Balaban J connectivity index is 2.56. The molecule has 0 unspecified atom stereocenters. The van der Waals surface area contributed by atoms with Crippen LogP contribution in [0.25, 0.3) is 11.4 Å². The first-order chi connectivity index (χ1) is 7.59. The van der Waals surface area contributed by atoms with Gasteiger partial charge < -0.3 is 4.57 Å². The highest BCUT2D eigenvalue weighted by Crippen LogP contribution is 2.26. The third-order valence-corrected chi connectivity index (χ3v) is 2.94. The molecule has 0 radical (unpaired) electrons. The summed E-state index contributed by atoms with van der Waals surface area (Å²) in [6.45, 7) is 4.13. The Morgan fingerprint density at radius 1 is 1.38 bits per heavy atom. The lowest BCUT2D eigenvalue weighted by atomic mass is 10.2. The Morgan fingerprint density at radius 3 is 2.75 bits per heavy atom. The zero-order valence-corrected chi connectivity index (χ0v) is 10.7. The predicted molar refractivity (Wildman–Crippen MR) is 65.7 cm³/mol. The van der Waals surface area contributed by atoms with Crippen LogP contribution in [0.4, 0.5) is 4.39 Å². The van der Waals surface area contributed by atoms with Gasteiger partial charge in [0.15, 0.2) is 0 Å². The molecule has 16 heavy (non-hydrogen) atoms. The Morgan fingerprint density at radius 2 is 2.12 bits per heavy atom. The van der Waals surface area contributed by atoms with E-state index >= 15 is 0 Å². The van der Waals surface area contributed by atoms with Gasteiger partial charge in [0.25, 0.3) is 0 Å². The van der Waals surface area contributed by atoms with Crippen LogP contribution in [0.15, 0.2) is 35.1 Å². The van der Waals surface area contributed by atoms with E-state index < -0.39 is 0 Å². The molecular weight excluding hydrogens is 271 g/mol. The number of imidazole rings is 1. The van der Waals surface area contributed by atoms with Gasteiger partial charge >= 0.3 is 0 Å². The van der Waals surface area contributed by atoms with Gasteiger partial charge in [-0.3, -0.25) is 0 Å². The van der Waals surface area contributed by atoms with E-state index in [4.69, 9.17) is 0 Å². The molecule has 0 N–H and O–H groups in total. The van der Waals surface area contributed by atoms with Crippen LogP contribution < -0.4 is 0 Å². The molecule has 1 heterocycles. The van der Waals surface area contributed by atoms with Gasteiger partial charge in [0, 0.05) is 11.6 Å². The second-order valence-electron chi connectivity index (χ2n) is 3.88. The molecule has 1 aromatic carbocycles. The SMILES string of the molecule is CC(C)n1c(Br)cnc1-c1cccc(F)c1. The summed E-state index contributed by atoms with van der Waals surface area (Å²) < 4.78 is 16.1. The zero-order valence-electron chi connectivity index (χ0n) is 9.11. The number of benzene rings is 1. The maximum atomic E-state index is 13.1. The Labute approximate surface area is 102 Å². The summed E-state index contributed by atoms with van der Waals surface area (Å²) in [5.74, 6) is 0.535. The van der Waals surface area contributed by atoms with Crippen LogP contribution in [-0.2, 0) is 0 Å². The third kappa shape index (κ3) is 2.02. The molecule has 0 saturated heterocycles. The summed E-state index contributed by atoms with van der Waals surface area (Å²) >= 11 is 3.44. The molecule has 0 atom stereocenters. The van der Waals surface area contributed by atoms with Crippen LogP contribution in [0.3, 0.4) is 0 Å². The molecule has 0 aliphatic heterocycles. The van der Waals surface area contributed by atoms with Crippen molar-refractivity contribution in [1.29, 1.82) is 0 Å². The van der Waals surface area contributed by atoms with Crippen LogP contribution in [-0.4, -0.2) is 9.55 Å². The highest BCUT2D eigenvalue weighted by atomic mass is 79.9. The van der Waals surface area contributed by atoms with E-state index in [1.165, 1.54) is 12.1 Å². The Hall–Kier alpha value is -1.16. The van der Waals surface area contributed by atoms with E-state index in [1.807, 2.05) is 10.6 Å². The lowest BCUT2D eigenvalue weighted by Crippen LogP contribution is -2.03. The topological polar surface area (TPSA) is 17.8 Å². The quantitative estimate of drug-likeness (QED) is 0.813. The summed E-state index contributed by atoms with van der Waals surface area (Å²) in [5.41, 5.74) is 0.791. The van der Waals surface area contributed by atoms with Crippen molar-refractivity contribution in [1.82, 2.24) is 9.55 Å². The van der Waals surface area contributed by atoms with E-state index in [0.29, 0.717) is 0 Å². The molecule has 2 nitrogen and oxygen atoms in total. The van der Waals surface area contributed by atoms with Gasteiger partial charge in [-0.2, -0.15) is 0 Å². The van der Waals surface area contributed by atoms with Crippen molar-refractivity contribution in [3.05, 3.63) is 40.9 Å². The van der Waals surface area contributed by atoms with Crippen LogP contribution in [0.5, 0.6) is 0 Å². The first kappa shape index (κ1) is 11.3. The van der Waals surface area contributed by atoms with Crippen molar-refractivity contribution in [2.75, 3.05) is 0 Å².